The molecule has 0 fully saturated rings. The van der Waals surface area contributed by atoms with Gasteiger partial charge in [-0.25, -0.2) is 0 Å². The molecule has 17 heavy (non-hydrogen) atoms. The Kier molecular flexibility index (Phi) is 3.87. The number of rotatable bonds is 3. The van der Waals surface area contributed by atoms with Crippen LogP contribution < -0.4 is 4.90 Å². The number of pyridine rings is 1. The SMILES string of the molecule is CCN(c1ccncc1)c1cc(Cl)cc(Cl)c1. The highest BCUT2D eigenvalue weighted by Crippen LogP contribution is 2.30. The van der Waals surface area contributed by atoms with Crippen LogP contribution in [0.3, 0.4) is 0 Å². The molecule has 1 heterocycles. The van der Waals surface area contributed by atoms with Crippen LogP contribution in [-0.4, -0.2) is 11.5 Å². The molecule has 0 unspecified atom stereocenters. The van der Waals surface area contributed by atoms with Gasteiger partial charge in [-0.2, -0.15) is 0 Å². The van der Waals surface area contributed by atoms with Crippen molar-refractivity contribution in [3.05, 3.63) is 52.8 Å². The number of hydrogen-bond acceptors (Lipinski definition) is 2. The largest absolute Gasteiger partial charge is 0.342 e. The van der Waals surface area contributed by atoms with Gasteiger partial charge in [-0.05, 0) is 37.3 Å². The second-order valence-electron chi connectivity index (χ2n) is 3.58. The molecule has 0 aliphatic heterocycles. The second kappa shape index (κ2) is 5.39. The quantitative estimate of drug-likeness (QED) is 0.811. The van der Waals surface area contributed by atoms with Crippen LogP contribution in [0.2, 0.25) is 10.0 Å². The normalized spacial score (nSPS) is 10.3. The Morgan fingerprint density at radius 2 is 1.59 bits per heavy atom. The van der Waals surface area contributed by atoms with E-state index < -0.39 is 0 Å². The average Bonchev–Trinajstić information content (AvgIpc) is 2.30. The lowest BCUT2D eigenvalue weighted by Gasteiger charge is -2.23. The lowest BCUT2D eigenvalue weighted by Crippen LogP contribution is -2.15. The van der Waals surface area contributed by atoms with Gasteiger partial charge in [-0.1, -0.05) is 23.2 Å². The van der Waals surface area contributed by atoms with Gasteiger partial charge in [0, 0.05) is 40.4 Å². The molecule has 0 aliphatic carbocycles. The molecule has 88 valence electrons. The predicted molar refractivity (Wildman–Crippen MR) is 73.4 cm³/mol. The highest BCUT2D eigenvalue weighted by atomic mass is 35.5. The summed E-state index contributed by atoms with van der Waals surface area (Å²) in [6.45, 7) is 2.91. The summed E-state index contributed by atoms with van der Waals surface area (Å²) in [6.07, 6.45) is 3.54. The summed E-state index contributed by atoms with van der Waals surface area (Å²) in [4.78, 5) is 6.14. The van der Waals surface area contributed by atoms with Crippen LogP contribution in [0.4, 0.5) is 11.4 Å². The van der Waals surface area contributed by atoms with Gasteiger partial charge in [0.15, 0.2) is 0 Å². The minimum absolute atomic E-state index is 0.639. The monoisotopic (exact) mass is 266 g/mol. The van der Waals surface area contributed by atoms with E-state index in [9.17, 15) is 0 Å². The number of hydrogen-bond donors (Lipinski definition) is 0. The van der Waals surface area contributed by atoms with Crippen molar-refractivity contribution >= 4 is 34.6 Å². The minimum Gasteiger partial charge on any atom is -0.342 e. The van der Waals surface area contributed by atoms with Crippen molar-refractivity contribution in [2.75, 3.05) is 11.4 Å². The zero-order valence-electron chi connectivity index (χ0n) is 9.40. The van der Waals surface area contributed by atoms with E-state index in [-0.39, 0.29) is 0 Å². The van der Waals surface area contributed by atoms with Crippen LogP contribution in [0.1, 0.15) is 6.92 Å². The lowest BCUT2D eigenvalue weighted by molar-refractivity contribution is 1.02. The van der Waals surface area contributed by atoms with Gasteiger partial charge in [0.05, 0.1) is 0 Å². The van der Waals surface area contributed by atoms with E-state index in [0.29, 0.717) is 10.0 Å². The van der Waals surface area contributed by atoms with Crippen molar-refractivity contribution in [1.82, 2.24) is 4.98 Å². The summed E-state index contributed by atoms with van der Waals surface area (Å²) in [6, 6.07) is 9.44. The van der Waals surface area contributed by atoms with Crippen molar-refractivity contribution in [2.45, 2.75) is 6.92 Å². The molecule has 1 aromatic heterocycles. The Balaban J connectivity index is 2.42. The molecule has 0 radical (unpaired) electrons. The van der Waals surface area contributed by atoms with Gasteiger partial charge in [0.1, 0.15) is 0 Å². The van der Waals surface area contributed by atoms with E-state index in [2.05, 4.69) is 16.8 Å². The maximum absolute atomic E-state index is 6.02. The number of aromatic nitrogens is 1. The Hall–Kier alpha value is -1.25. The van der Waals surface area contributed by atoms with E-state index in [1.165, 1.54) is 0 Å². The maximum atomic E-state index is 6.02. The molecule has 0 aliphatic rings. The van der Waals surface area contributed by atoms with E-state index in [1.807, 2.05) is 24.3 Å². The molecule has 0 saturated carbocycles. The first-order chi connectivity index (χ1) is 8.20. The van der Waals surface area contributed by atoms with Crippen LogP contribution in [0.25, 0.3) is 0 Å². The van der Waals surface area contributed by atoms with Gasteiger partial charge in [-0.3, -0.25) is 4.98 Å². The molecule has 0 N–H and O–H groups in total. The van der Waals surface area contributed by atoms with Gasteiger partial charge in [0.2, 0.25) is 0 Å². The average molecular weight is 267 g/mol. The van der Waals surface area contributed by atoms with Crippen LogP contribution in [0.5, 0.6) is 0 Å². The van der Waals surface area contributed by atoms with Crippen LogP contribution >= 0.6 is 23.2 Å². The predicted octanol–water partition coefficient (Wildman–Crippen LogP) is 4.55. The Bertz CT molecular complexity index is 480. The second-order valence-corrected chi connectivity index (χ2v) is 4.45. The number of halogens is 2. The van der Waals surface area contributed by atoms with Crippen LogP contribution in [-0.2, 0) is 0 Å². The number of nitrogens with zero attached hydrogens (tertiary/aromatic N) is 2. The molecule has 0 spiro atoms. The van der Waals surface area contributed by atoms with E-state index in [1.54, 1.807) is 18.5 Å². The summed E-state index contributed by atoms with van der Waals surface area (Å²) >= 11 is 12.0. The number of benzene rings is 1. The molecule has 2 aromatic rings. The molecular weight excluding hydrogens is 255 g/mol. The highest BCUT2D eigenvalue weighted by Gasteiger charge is 2.08. The molecule has 0 saturated heterocycles. The van der Waals surface area contributed by atoms with Crippen molar-refractivity contribution in [2.24, 2.45) is 0 Å². The van der Waals surface area contributed by atoms with Gasteiger partial charge >= 0.3 is 0 Å². The van der Waals surface area contributed by atoms with Crippen molar-refractivity contribution in [3.63, 3.8) is 0 Å². The first-order valence-electron chi connectivity index (χ1n) is 5.34. The van der Waals surface area contributed by atoms with E-state index >= 15 is 0 Å². The smallest absolute Gasteiger partial charge is 0.0441 e. The standard InChI is InChI=1S/C13H12Cl2N2/c1-2-17(12-3-5-16-6-4-12)13-8-10(14)7-11(15)9-13/h3-9H,2H2,1H3. The summed E-state index contributed by atoms with van der Waals surface area (Å²) in [5, 5.41) is 1.28. The van der Waals surface area contributed by atoms with Crippen molar-refractivity contribution < 1.29 is 0 Å². The third kappa shape index (κ3) is 2.90. The van der Waals surface area contributed by atoms with Crippen molar-refractivity contribution in [3.8, 4) is 0 Å². The van der Waals surface area contributed by atoms with Crippen molar-refractivity contribution in [1.29, 1.82) is 0 Å². The highest BCUT2D eigenvalue weighted by molar-refractivity contribution is 6.35. The molecule has 4 heteroatoms. The van der Waals surface area contributed by atoms with Crippen LogP contribution in [0.15, 0.2) is 42.7 Å². The van der Waals surface area contributed by atoms with Gasteiger partial charge in [0.25, 0.3) is 0 Å². The lowest BCUT2D eigenvalue weighted by atomic mass is 10.2. The third-order valence-corrected chi connectivity index (χ3v) is 2.89. The minimum atomic E-state index is 0.639. The summed E-state index contributed by atoms with van der Waals surface area (Å²) < 4.78 is 0. The molecule has 0 amide bonds. The van der Waals surface area contributed by atoms with E-state index in [4.69, 9.17) is 23.2 Å². The first kappa shape index (κ1) is 12.2. The number of anilines is 2. The Labute approximate surface area is 111 Å². The first-order valence-corrected chi connectivity index (χ1v) is 6.10. The molecule has 2 rings (SSSR count). The summed E-state index contributed by atoms with van der Waals surface area (Å²) in [7, 11) is 0. The maximum Gasteiger partial charge on any atom is 0.0441 e. The molecule has 0 bridgehead atoms. The topological polar surface area (TPSA) is 16.1 Å². The fraction of sp³-hybridized carbons (Fsp3) is 0.154. The summed E-state index contributed by atoms with van der Waals surface area (Å²) in [5.74, 6) is 0. The Morgan fingerprint density at radius 3 is 2.12 bits per heavy atom. The third-order valence-electron chi connectivity index (χ3n) is 2.45. The molecular formula is C13H12Cl2N2. The fourth-order valence-corrected chi connectivity index (χ4v) is 2.25. The zero-order valence-corrected chi connectivity index (χ0v) is 10.9. The molecule has 0 atom stereocenters. The van der Waals surface area contributed by atoms with Gasteiger partial charge in [-0.15, -0.1) is 0 Å². The fourth-order valence-electron chi connectivity index (χ4n) is 1.73. The molecule has 2 nitrogen and oxygen atoms in total. The Morgan fingerprint density at radius 1 is 1.00 bits per heavy atom. The zero-order chi connectivity index (χ0) is 12.3. The van der Waals surface area contributed by atoms with Gasteiger partial charge < -0.3 is 4.90 Å². The summed E-state index contributed by atoms with van der Waals surface area (Å²) in [5.41, 5.74) is 2.05. The van der Waals surface area contributed by atoms with E-state index in [0.717, 1.165) is 17.9 Å². The van der Waals surface area contributed by atoms with Crippen LogP contribution in [0, 0.1) is 0 Å². The molecule has 1 aromatic carbocycles.